The lowest BCUT2D eigenvalue weighted by Crippen LogP contribution is -2.47. The molecule has 154 valence electrons. The van der Waals surface area contributed by atoms with E-state index in [1.165, 1.54) is 11.3 Å². The molecular formula is C21H26N4O3S. The molecule has 0 saturated heterocycles. The third-order valence-corrected chi connectivity index (χ3v) is 6.14. The fourth-order valence-electron chi connectivity index (χ4n) is 3.54. The second kappa shape index (κ2) is 8.82. The largest absolute Gasteiger partial charge is 0.299 e. The standard InChI is InChI=1S/C21H26N4O3S/c1-5-13(6-2)18-23-24-21(29-18)22-17(26)16(11-12(3)4)25-19(27)14-9-7-8-10-15(14)20(25)28/h7-10,12-13,16H,5-6,11H2,1-4H3,(H,22,24,26). The van der Waals surface area contributed by atoms with Gasteiger partial charge in [0, 0.05) is 5.92 Å². The summed E-state index contributed by atoms with van der Waals surface area (Å²) in [5.41, 5.74) is 0.678. The highest BCUT2D eigenvalue weighted by Gasteiger charge is 2.43. The molecule has 1 aromatic carbocycles. The van der Waals surface area contributed by atoms with Gasteiger partial charge in [-0.15, -0.1) is 10.2 Å². The molecule has 2 heterocycles. The monoisotopic (exact) mass is 414 g/mol. The fraction of sp³-hybridized carbons (Fsp3) is 0.476. The summed E-state index contributed by atoms with van der Waals surface area (Å²) in [5, 5.41) is 12.3. The molecule has 29 heavy (non-hydrogen) atoms. The molecule has 0 fully saturated rings. The maximum Gasteiger partial charge on any atom is 0.262 e. The van der Waals surface area contributed by atoms with Crippen LogP contribution in [0.4, 0.5) is 5.13 Å². The molecule has 7 nitrogen and oxygen atoms in total. The summed E-state index contributed by atoms with van der Waals surface area (Å²) in [6.07, 6.45) is 2.27. The molecule has 1 N–H and O–H groups in total. The van der Waals surface area contributed by atoms with Crippen LogP contribution in [0, 0.1) is 5.92 Å². The Balaban J connectivity index is 1.84. The Hall–Kier alpha value is -2.61. The van der Waals surface area contributed by atoms with Crippen molar-refractivity contribution in [2.45, 2.75) is 58.9 Å². The van der Waals surface area contributed by atoms with Gasteiger partial charge in [-0.3, -0.25) is 24.6 Å². The van der Waals surface area contributed by atoms with Crippen molar-refractivity contribution in [2.75, 3.05) is 5.32 Å². The number of nitrogens with zero attached hydrogens (tertiary/aromatic N) is 3. The number of carbonyl (C=O) groups excluding carboxylic acids is 3. The van der Waals surface area contributed by atoms with Crippen molar-refractivity contribution in [1.82, 2.24) is 15.1 Å². The van der Waals surface area contributed by atoms with Gasteiger partial charge in [-0.1, -0.05) is 51.2 Å². The first kappa shape index (κ1) is 21.1. The zero-order chi connectivity index (χ0) is 21.1. The van der Waals surface area contributed by atoms with E-state index in [1.807, 2.05) is 13.8 Å². The molecule has 0 aliphatic carbocycles. The van der Waals surface area contributed by atoms with Crippen molar-refractivity contribution < 1.29 is 14.4 Å². The number of anilines is 1. The Bertz CT molecular complexity index is 885. The number of carbonyl (C=O) groups is 3. The van der Waals surface area contributed by atoms with E-state index in [1.54, 1.807) is 24.3 Å². The first-order valence-corrected chi connectivity index (χ1v) is 10.8. The average molecular weight is 415 g/mol. The number of rotatable bonds is 8. The number of imide groups is 1. The van der Waals surface area contributed by atoms with E-state index in [2.05, 4.69) is 29.4 Å². The Kier molecular flexibility index (Phi) is 6.42. The van der Waals surface area contributed by atoms with Gasteiger partial charge in [-0.2, -0.15) is 0 Å². The van der Waals surface area contributed by atoms with E-state index in [0.717, 1.165) is 22.7 Å². The van der Waals surface area contributed by atoms with Gasteiger partial charge in [-0.05, 0) is 37.3 Å². The summed E-state index contributed by atoms with van der Waals surface area (Å²) in [6, 6.07) is 5.76. The Morgan fingerprint density at radius 3 is 2.17 bits per heavy atom. The smallest absolute Gasteiger partial charge is 0.262 e. The maximum atomic E-state index is 13.1. The third kappa shape index (κ3) is 4.22. The molecule has 0 spiro atoms. The van der Waals surface area contributed by atoms with Gasteiger partial charge in [0.2, 0.25) is 11.0 Å². The molecule has 2 aromatic rings. The fourth-order valence-corrected chi connectivity index (χ4v) is 4.56. The highest BCUT2D eigenvalue weighted by molar-refractivity contribution is 7.15. The normalized spacial score (nSPS) is 14.6. The second-order valence-corrected chi connectivity index (χ2v) is 8.63. The van der Waals surface area contributed by atoms with Crippen LogP contribution in [0.3, 0.4) is 0 Å². The zero-order valence-electron chi connectivity index (χ0n) is 17.1. The predicted octanol–water partition coefficient (Wildman–Crippen LogP) is 4.09. The highest BCUT2D eigenvalue weighted by atomic mass is 32.1. The van der Waals surface area contributed by atoms with Gasteiger partial charge in [-0.25, -0.2) is 0 Å². The number of fused-ring (bicyclic) bond motifs is 1. The molecule has 0 bridgehead atoms. The zero-order valence-corrected chi connectivity index (χ0v) is 18.0. The lowest BCUT2D eigenvalue weighted by molar-refractivity contribution is -0.120. The Morgan fingerprint density at radius 1 is 1.07 bits per heavy atom. The van der Waals surface area contributed by atoms with Crippen LogP contribution >= 0.6 is 11.3 Å². The van der Waals surface area contributed by atoms with Crippen molar-refractivity contribution in [2.24, 2.45) is 5.92 Å². The van der Waals surface area contributed by atoms with E-state index in [9.17, 15) is 14.4 Å². The number of hydrogen-bond acceptors (Lipinski definition) is 6. The van der Waals surface area contributed by atoms with E-state index >= 15 is 0 Å². The first-order valence-electron chi connectivity index (χ1n) is 9.98. The van der Waals surface area contributed by atoms with Crippen LogP contribution in [-0.4, -0.2) is 38.9 Å². The highest BCUT2D eigenvalue weighted by Crippen LogP contribution is 2.30. The van der Waals surface area contributed by atoms with E-state index < -0.39 is 23.8 Å². The van der Waals surface area contributed by atoms with Crippen molar-refractivity contribution in [3.8, 4) is 0 Å². The quantitative estimate of drug-likeness (QED) is 0.657. The summed E-state index contributed by atoms with van der Waals surface area (Å²) in [5.74, 6) is -0.853. The van der Waals surface area contributed by atoms with Gasteiger partial charge in [0.25, 0.3) is 11.8 Å². The van der Waals surface area contributed by atoms with Crippen LogP contribution in [-0.2, 0) is 4.79 Å². The summed E-state index contributed by atoms with van der Waals surface area (Å²) >= 11 is 1.34. The van der Waals surface area contributed by atoms with Gasteiger partial charge in [0.05, 0.1) is 11.1 Å². The molecule has 1 unspecified atom stereocenters. The number of hydrogen-bond donors (Lipinski definition) is 1. The first-order chi connectivity index (χ1) is 13.9. The summed E-state index contributed by atoms with van der Waals surface area (Å²) in [4.78, 5) is 39.9. The van der Waals surface area contributed by atoms with Gasteiger partial charge in [0.1, 0.15) is 11.0 Å². The second-order valence-electron chi connectivity index (χ2n) is 7.62. The molecule has 8 heteroatoms. The van der Waals surface area contributed by atoms with E-state index in [0.29, 0.717) is 28.6 Å². The molecule has 3 rings (SSSR count). The summed E-state index contributed by atoms with van der Waals surface area (Å²) < 4.78 is 0. The maximum absolute atomic E-state index is 13.1. The number of aromatic nitrogens is 2. The van der Waals surface area contributed by atoms with Crippen LogP contribution in [0.1, 0.15) is 78.6 Å². The van der Waals surface area contributed by atoms with Crippen LogP contribution in [0.15, 0.2) is 24.3 Å². The molecular weight excluding hydrogens is 388 g/mol. The van der Waals surface area contributed by atoms with Crippen LogP contribution < -0.4 is 5.32 Å². The minimum atomic E-state index is -0.900. The van der Waals surface area contributed by atoms with E-state index in [-0.39, 0.29) is 5.92 Å². The molecule has 1 aliphatic rings. The molecule has 1 aromatic heterocycles. The van der Waals surface area contributed by atoms with Crippen molar-refractivity contribution in [3.63, 3.8) is 0 Å². The molecule has 1 aliphatic heterocycles. The minimum absolute atomic E-state index is 0.115. The minimum Gasteiger partial charge on any atom is -0.299 e. The van der Waals surface area contributed by atoms with Crippen molar-refractivity contribution >= 4 is 34.2 Å². The summed E-state index contributed by atoms with van der Waals surface area (Å²) in [7, 11) is 0. The molecule has 0 radical (unpaired) electrons. The Labute approximate surface area is 174 Å². The number of nitrogens with one attached hydrogen (secondary N) is 1. The number of amides is 3. The lowest BCUT2D eigenvalue weighted by atomic mass is 10.0. The molecule has 3 amide bonds. The average Bonchev–Trinajstić information content (AvgIpc) is 3.25. The SMILES string of the molecule is CCC(CC)c1nnc(NC(=O)C(CC(C)C)N2C(=O)c3ccccc3C2=O)s1. The molecule has 1 atom stereocenters. The van der Waals surface area contributed by atoms with Crippen LogP contribution in [0.5, 0.6) is 0 Å². The van der Waals surface area contributed by atoms with Crippen molar-refractivity contribution in [3.05, 3.63) is 40.4 Å². The number of benzene rings is 1. The lowest BCUT2D eigenvalue weighted by Gasteiger charge is -2.26. The van der Waals surface area contributed by atoms with Crippen LogP contribution in [0.2, 0.25) is 0 Å². The third-order valence-electron chi connectivity index (χ3n) is 5.14. The Morgan fingerprint density at radius 2 is 1.66 bits per heavy atom. The topological polar surface area (TPSA) is 92.3 Å². The van der Waals surface area contributed by atoms with Crippen LogP contribution in [0.25, 0.3) is 0 Å². The molecule has 0 saturated carbocycles. The predicted molar refractivity (Wildman–Crippen MR) is 112 cm³/mol. The summed E-state index contributed by atoms with van der Waals surface area (Å²) in [6.45, 7) is 8.09. The van der Waals surface area contributed by atoms with Crippen molar-refractivity contribution in [1.29, 1.82) is 0 Å². The van der Waals surface area contributed by atoms with Gasteiger partial charge >= 0.3 is 0 Å². The van der Waals surface area contributed by atoms with E-state index in [4.69, 9.17) is 0 Å². The van der Waals surface area contributed by atoms with Gasteiger partial charge in [0.15, 0.2) is 0 Å². The van der Waals surface area contributed by atoms with Gasteiger partial charge < -0.3 is 0 Å².